The third-order valence-corrected chi connectivity index (χ3v) is 1.80. The molecule has 0 aliphatic carbocycles. The van der Waals surface area contributed by atoms with Gasteiger partial charge in [-0.25, -0.2) is 9.97 Å². The first-order chi connectivity index (χ1) is 7.79. The number of phenolic OH excluding ortho intramolecular Hbond substituents is 1. The minimum atomic E-state index is 0.0832. The molecule has 0 bridgehead atoms. The second-order valence-corrected chi connectivity index (χ2v) is 2.92. The van der Waals surface area contributed by atoms with Crippen LogP contribution in [0.1, 0.15) is 5.69 Å². The fraction of sp³-hybridized carbons (Fsp3) is 0. The van der Waals surface area contributed by atoms with Crippen molar-refractivity contribution in [3.05, 3.63) is 42.4 Å². The average molecular weight is 213 g/mol. The lowest BCUT2D eigenvalue weighted by Gasteiger charge is -2.04. The number of aromatic hydroxyl groups is 1. The second-order valence-electron chi connectivity index (χ2n) is 2.92. The molecule has 0 saturated carbocycles. The molecule has 0 atom stereocenters. The summed E-state index contributed by atoms with van der Waals surface area (Å²) in [6, 6.07) is 8.10. The first-order valence-electron chi connectivity index (χ1n) is 4.47. The Morgan fingerprint density at radius 1 is 1.25 bits per heavy atom. The molecule has 2 rings (SSSR count). The maximum absolute atomic E-state index is 9.24. The molecule has 0 unspecified atom stereocenters. The third-order valence-electron chi connectivity index (χ3n) is 1.80. The SMILES string of the molecule is N#Cc1nccnc1Oc1cccc(O)c1. The van der Waals surface area contributed by atoms with E-state index in [2.05, 4.69) is 9.97 Å². The van der Waals surface area contributed by atoms with Gasteiger partial charge in [0.15, 0.2) is 0 Å². The van der Waals surface area contributed by atoms with Crippen LogP contribution in [0.2, 0.25) is 0 Å². The van der Waals surface area contributed by atoms with Crippen LogP contribution in [0.4, 0.5) is 0 Å². The van der Waals surface area contributed by atoms with Crippen molar-refractivity contribution in [3.63, 3.8) is 0 Å². The summed E-state index contributed by atoms with van der Waals surface area (Å²) in [5, 5.41) is 18.0. The van der Waals surface area contributed by atoms with Crippen LogP contribution in [0.5, 0.6) is 17.4 Å². The summed E-state index contributed by atoms with van der Waals surface area (Å²) in [5.41, 5.74) is 0.103. The number of hydrogen-bond donors (Lipinski definition) is 1. The minimum Gasteiger partial charge on any atom is -0.508 e. The van der Waals surface area contributed by atoms with E-state index in [-0.39, 0.29) is 17.3 Å². The van der Waals surface area contributed by atoms with Crippen LogP contribution in [0.3, 0.4) is 0 Å². The molecule has 1 heterocycles. The standard InChI is InChI=1S/C11H7N3O2/c12-7-10-11(14-5-4-13-10)16-9-3-1-2-8(15)6-9/h1-6,15H. The van der Waals surface area contributed by atoms with E-state index in [1.54, 1.807) is 12.1 Å². The van der Waals surface area contributed by atoms with E-state index in [0.29, 0.717) is 5.75 Å². The summed E-state index contributed by atoms with van der Waals surface area (Å²) >= 11 is 0. The van der Waals surface area contributed by atoms with E-state index in [1.165, 1.54) is 24.5 Å². The maximum atomic E-state index is 9.24. The molecule has 5 heteroatoms. The smallest absolute Gasteiger partial charge is 0.256 e. The summed E-state index contributed by atoms with van der Waals surface area (Å²) in [6.45, 7) is 0. The molecule has 1 aromatic carbocycles. The molecule has 0 aliphatic heterocycles. The Morgan fingerprint density at radius 3 is 2.81 bits per heavy atom. The second kappa shape index (κ2) is 4.28. The average Bonchev–Trinajstić information content (AvgIpc) is 2.30. The molecule has 0 aliphatic rings. The maximum Gasteiger partial charge on any atom is 0.256 e. The topological polar surface area (TPSA) is 79.0 Å². The number of nitrogens with zero attached hydrogens (tertiary/aromatic N) is 3. The van der Waals surface area contributed by atoms with Crippen LogP contribution in [0.15, 0.2) is 36.7 Å². The number of benzene rings is 1. The van der Waals surface area contributed by atoms with E-state index < -0.39 is 0 Å². The van der Waals surface area contributed by atoms with Crippen molar-refractivity contribution in [2.45, 2.75) is 0 Å². The number of hydrogen-bond acceptors (Lipinski definition) is 5. The van der Waals surface area contributed by atoms with Gasteiger partial charge >= 0.3 is 0 Å². The molecule has 1 N–H and O–H groups in total. The zero-order valence-corrected chi connectivity index (χ0v) is 8.16. The molecular weight excluding hydrogens is 206 g/mol. The van der Waals surface area contributed by atoms with E-state index in [1.807, 2.05) is 6.07 Å². The lowest BCUT2D eigenvalue weighted by Crippen LogP contribution is -1.93. The lowest BCUT2D eigenvalue weighted by atomic mass is 10.3. The summed E-state index contributed by atoms with van der Waals surface area (Å²) in [6.07, 6.45) is 2.84. The van der Waals surface area contributed by atoms with Gasteiger partial charge in [-0.3, -0.25) is 0 Å². The van der Waals surface area contributed by atoms with Gasteiger partial charge in [0.2, 0.25) is 5.69 Å². The Bertz CT molecular complexity index is 549. The Labute approximate surface area is 91.6 Å². The van der Waals surface area contributed by atoms with Crippen molar-refractivity contribution in [1.82, 2.24) is 9.97 Å². The highest BCUT2D eigenvalue weighted by Crippen LogP contribution is 2.24. The molecule has 78 valence electrons. The van der Waals surface area contributed by atoms with Crippen LogP contribution in [0, 0.1) is 11.3 Å². The molecule has 0 fully saturated rings. The predicted molar refractivity (Wildman–Crippen MR) is 54.9 cm³/mol. The van der Waals surface area contributed by atoms with Gasteiger partial charge in [-0.15, -0.1) is 0 Å². The Hall–Kier alpha value is -2.61. The molecule has 0 amide bonds. The third kappa shape index (κ3) is 2.07. The Kier molecular flexibility index (Phi) is 2.65. The molecule has 2 aromatic rings. The van der Waals surface area contributed by atoms with Crippen LogP contribution in [-0.2, 0) is 0 Å². The van der Waals surface area contributed by atoms with Crippen molar-refractivity contribution in [3.8, 4) is 23.4 Å². The summed E-state index contributed by atoms with van der Waals surface area (Å²) in [7, 11) is 0. The molecule has 16 heavy (non-hydrogen) atoms. The predicted octanol–water partition coefficient (Wildman–Crippen LogP) is 1.85. The van der Waals surface area contributed by atoms with Crippen molar-refractivity contribution in [1.29, 1.82) is 5.26 Å². The zero-order valence-electron chi connectivity index (χ0n) is 8.16. The minimum absolute atomic E-state index is 0.0832. The van der Waals surface area contributed by atoms with E-state index in [9.17, 15) is 5.11 Å². The summed E-state index contributed by atoms with van der Waals surface area (Å²) < 4.78 is 5.33. The van der Waals surface area contributed by atoms with Gasteiger partial charge in [0.1, 0.15) is 17.6 Å². The van der Waals surface area contributed by atoms with Gasteiger partial charge in [0, 0.05) is 18.5 Å². The van der Waals surface area contributed by atoms with Crippen LogP contribution in [0.25, 0.3) is 0 Å². The fourth-order valence-corrected chi connectivity index (χ4v) is 1.14. The number of ether oxygens (including phenoxy) is 1. The van der Waals surface area contributed by atoms with E-state index in [4.69, 9.17) is 10.00 Å². The monoisotopic (exact) mass is 213 g/mol. The largest absolute Gasteiger partial charge is 0.508 e. The molecule has 0 saturated heterocycles. The van der Waals surface area contributed by atoms with Gasteiger partial charge in [-0.1, -0.05) is 6.07 Å². The number of phenols is 1. The number of aromatic nitrogens is 2. The highest BCUT2D eigenvalue weighted by molar-refractivity contribution is 5.37. The number of rotatable bonds is 2. The van der Waals surface area contributed by atoms with Crippen LogP contribution >= 0.6 is 0 Å². The highest BCUT2D eigenvalue weighted by Gasteiger charge is 2.06. The fourth-order valence-electron chi connectivity index (χ4n) is 1.14. The molecule has 0 spiro atoms. The zero-order chi connectivity index (χ0) is 11.4. The van der Waals surface area contributed by atoms with Gasteiger partial charge in [0.05, 0.1) is 0 Å². The van der Waals surface area contributed by atoms with Crippen molar-refractivity contribution < 1.29 is 9.84 Å². The first-order valence-corrected chi connectivity index (χ1v) is 4.47. The lowest BCUT2D eigenvalue weighted by molar-refractivity contribution is 0.442. The van der Waals surface area contributed by atoms with Crippen LogP contribution in [-0.4, -0.2) is 15.1 Å². The molecule has 5 nitrogen and oxygen atoms in total. The normalized spacial score (nSPS) is 9.44. The molecule has 1 aromatic heterocycles. The first kappa shape index (κ1) is 9.93. The van der Waals surface area contributed by atoms with Crippen LogP contribution < -0.4 is 4.74 Å². The van der Waals surface area contributed by atoms with Crippen molar-refractivity contribution in [2.75, 3.05) is 0 Å². The molecular formula is C11H7N3O2. The Balaban J connectivity index is 2.31. The van der Waals surface area contributed by atoms with E-state index in [0.717, 1.165) is 0 Å². The number of nitriles is 1. The van der Waals surface area contributed by atoms with Gasteiger partial charge < -0.3 is 9.84 Å². The quantitative estimate of drug-likeness (QED) is 0.823. The Morgan fingerprint density at radius 2 is 2.06 bits per heavy atom. The van der Waals surface area contributed by atoms with E-state index >= 15 is 0 Å². The molecule has 0 radical (unpaired) electrons. The summed E-state index contributed by atoms with van der Waals surface area (Å²) in [4.78, 5) is 7.69. The van der Waals surface area contributed by atoms with Gasteiger partial charge in [0.25, 0.3) is 5.88 Å². The van der Waals surface area contributed by atoms with Gasteiger partial charge in [-0.05, 0) is 12.1 Å². The van der Waals surface area contributed by atoms with Crippen molar-refractivity contribution in [2.24, 2.45) is 0 Å². The highest BCUT2D eigenvalue weighted by atomic mass is 16.5. The van der Waals surface area contributed by atoms with Crippen molar-refractivity contribution >= 4 is 0 Å². The van der Waals surface area contributed by atoms with Gasteiger partial charge in [-0.2, -0.15) is 5.26 Å². The summed E-state index contributed by atoms with van der Waals surface area (Å²) in [5.74, 6) is 0.604.